The molecule has 0 unspecified atom stereocenters. The SMILES string of the molecule is C=C(C)C(=O)NCCC[N+](C)(C)CC=O. The van der Waals surface area contributed by atoms with E-state index >= 15 is 0 Å². The third kappa shape index (κ3) is 6.85. The van der Waals surface area contributed by atoms with Gasteiger partial charge in [0.2, 0.25) is 5.91 Å². The lowest BCUT2D eigenvalue weighted by Crippen LogP contribution is -2.43. The quantitative estimate of drug-likeness (QED) is 0.287. The van der Waals surface area contributed by atoms with Gasteiger partial charge in [-0.1, -0.05) is 6.58 Å². The van der Waals surface area contributed by atoms with Crippen molar-refractivity contribution < 1.29 is 14.1 Å². The van der Waals surface area contributed by atoms with Crippen molar-refractivity contribution in [1.29, 1.82) is 0 Å². The van der Waals surface area contributed by atoms with E-state index in [1.165, 1.54) is 0 Å². The second kappa shape index (κ2) is 6.35. The van der Waals surface area contributed by atoms with E-state index in [9.17, 15) is 9.59 Å². The highest BCUT2D eigenvalue weighted by Crippen LogP contribution is 1.96. The van der Waals surface area contributed by atoms with Crippen LogP contribution < -0.4 is 5.32 Å². The van der Waals surface area contributed by atoms with Crippen LogP contribution in [0.4, 0.5) is 0 Å². The third-order valence-corrected chi connectivity index (χ3v) is 2.18. The molecule has 0 aliphatic carbocycles. The Bertz CT molecular complexity index is 247. The highest BCUT2D eigenvalue weighted by atomic mass is 16.1. The lowest BCUT2D eigenvalue weighted by atomic mass is 10.3. The summed E-state index contributed by atoms with van der Waals surface area (Å²) in [7, 11) is 3.99. The Balaban J connectivity index is 3.66. The number of quaternary nitrogens is 1. The molecule has 0 saturated carbocycles. The van der Waals surface area contributed by atoms with Gasteiger partial charge in [-0.05, 0) is 6.92 Å². The molecular weight excluding hydrogens is 192 g/mol. The standard InChI is InChI=1S/C11H20N2O2/c1-10(2)11(15)12-6-5-7-13(3,4)8-9-14/h9H,1,5-8H2,2-4H3/p+1. The van der Waals surface area contributed by atoms with Gasteiger partial charge in [-0.25, -0.2) is 0 Å². The van der Waals surface area contributed by atoms with Crippen molar-refractivity contribution in [2.45, 2.75) is 13.3 Å². The Kier molecular flexibility index (Phi) is 5.86. The smallest absolute Gasteiger partial charge is 0.246 e. The summed E-state index contributed by atoms with van der Waals surface area (Å²) in [4.78, 5) is 21.5. The van der Waals surface area contributed by atoms with Crippen LogP contribution in [0.15, 0.2) is 12.2 Å². The molecule has 0 aromatic carbocycles. The molecule has 0 saturated heterocycles. The summed E-state index contributed by atoms with van der Waals surface area (Å²) in [5.74, 6) is -0.101. The van der Waals surface area contributed by atoms with E-state index in [4.69, 9.17) is 0 Å². The number of nitrogens with zero attached hydrogens (tertiary/aromatic N) is 1. The zero-order valence-corrected chi connectivity index (χ0v) is 9.88. The van der Waals surface area contributed by atoms with Gasteiger partial charge in [-0.3, -0.25) is 9.59 Å². The van der Waals surface area contributed by atoms with Crippen LogP contribution in [0, 0.1) is 0 Å². The lowest BCUT2D eigenvalue weighted by Gasteiger charge is -2.27. The number of carbonyl (C=O) groups excluding carboxylic acids is 2. The molecule has 15 heavy (non-hydrogen) atoms. The van der Waals surface area contributed by atoms with Gasteiger partial charge in [0.25, 0.3) is 0 Å². The number of nitrogens with one attached hydrogen (secondary N) is 1. The molecule has 4 nitrogen and oxygen atoms in total. The van der Waals surface area contributed by atoms with Gasteiger partial charge in [0.15, 0.2) is 6.29 Å². The molecule has 0 heterocycles. The highest BCUT2D eigenvalue weighted by molar-refractivity contribution is 5.91. The van der Waals surface area contributed by atoms with E-state index in [-0.39, 0.29) is 5.91 Å². The maximum absolute atomic E-state index is 11.1. The number of carbonyl (C=O) groups is 2. The minimum Gasteiger partial charge on any atom is -0.352 e. The summed E-state index contributed by atoms with van der Waals surface area (Å²) in [6.07, 6.45) is 1.78. The van der Waals surface area contributed by atoms with Crippen LogP contribution in [0.25, 0.3) is 0 Å². The average molecular weight is 213 g/mol. The van der Waals surface area contributed by atoms with Crippen LogP contribution in [0.3, 0.4) is 0 Å². The van der Waals surface area contributed by atoms with Gasteiger partial charge in [0.1, 0.15) is 6.54 Å². The molecule has 0 aromatic rings. The second-order valence-electron chi connectivity index (χ2n) is 4.40. The topological polar surface area (TPSA) is 46.2 Å². The molecule has 4 heteroatoms. The first-order valence-corrected chi connectivity index (χ1v) is 5.08. The van der Waals surface area contributed by atoms with Crippen molar-refractivity contribution >= 4 is 12.2 Å². The number of aldehydes is 1. The molecule has 0 bridgehead atoms. The van der Waals surface area contributed by atoms with E-state index in [1.807, 2.05) is 14.1 Å². The summed E-state index contributed by atoms with van der Waals surface area (Å²) in [6, 6.07) is 0. The predicted octanol–water partition coefficient (Wildman–Crippen LogP) is 0.344. The van der Waals surface area contributed by atoms with Crippen molar-refractivity contribution in [1.82, 2.24) is 5.32 Å². The highest BCUT2D eigenvalue weighted by Gasteiger charge is 2.13. The lowest BCUT2D eigenvalue weighted by molar-refractivity contribution is -0.881. The molecular formula is C11H21N2O2+. The molecule has 0 aromatic heterocycles. The van der Waals surface area contributed by atoms with Gasteiger partial charge in [-0.2, -0.15) is 0 Å². The number of likely N-dealkylation sites (N-methyl/N-ethyl adjacent to an activating group) is 1. The van der Waals surface area contributed by atoms with Crippen LogP contribution in [0.5, 0.6) is 0 Å². The summed E-state index contributed by atoms with van der Waals surface area (Å²) in [5, 5.41) is 2.76. The predicted molar refractivity (Wildman–Crippen MR) is 60.3 cm³/mol. The maximum Gasteiger partial charge on any atom is 0.246 e. The van der Waals surface area contributed by atoms with Crippen molar-refractivity contribution in [3.8, 4) is 0 Å². The number of hydrogen-bond donors (Lipinski definition) is 1. The molecule has 0 radical (unpaired) electrons. The van der Waals surface area contributed by atoms with Gasteiger partial charge in [0.05, 0.1) is 20.6 Å². The van der Waals surface area contributed by atoms with Crippen molar-refractivity contribution in [3.05, 3.63) is 12.2 Å². The summed E-state index contributed by atoms with van der Waals surface area (Å²) < 4.78 is 0.659. The number of hydrogen-bond acceptors (Lipinski definition) is 2. The molecule has 0 fully saturated rings. The Hall–Kier alpha value is -1.16. The van der Waals surface area contributed by atoms with Crippen molar-refractivity contribution in [2.75, 3.05) is 33.7 Å². The fourth-order valence-electron chi connectivity index (χ4n) is 1.15. The van der Waals surface area contributed by atoms with Gasteiger partial charge in [-0.15, -0.1) is 0 Å². The Labute approximate surface area is 91.5 Å². The number of rotatable bonds is 7. The second-order valence-corrected chi connectivity index (χ2v) is 4.40. The van der Waals surface area contributed by atoms with Gasteiger partial charge >= 0.3 is 0 Å². The van der Waals surface area contributed by atoms with Crippen LogP contribution >= 0.6 is 0 Å². The number of amides is 1. The maximum atomic E-state index is 11.1. The molecule has 86 valence electrons. The Morgan fingerprint density at radius 3 is 2.53 bits per heavy atom. The normalized spacial score (nSPS) is 10.9. The fourth-order valence-corrected chi connectivity index (χ4v) is 1.15. The average Bonchev–Trinajstić information content (AvgIpc) is 2.11. The van der Waals surface area contributed by atoms with E-state index in [0.29, 0.717) is 23.1 Å². The van der Waals surface area contributed by atoms with Crippen molar-refractivity contribution in [3.63, 3.8) is 0 Å². The van der Waals surface area contributed by atoms with E-state index in [2.05, 4.69) is 11.9 Å². The molecule has 1 N–H and O–H groups in total. The Morgan fingerprint density at radius 2 is 2.07 bits per heavy atom. The van der Waals surface area contributed by atoms with E-state index in [0.717, 1.165) is 19.3 Å². The minimum atomic E-state index is -0.101. The fraction of sp³-hybridized carbons (Fsp3) is 0.636. The molecule has 0 rings (SSSR count). The zero-order valence-electron chi connectivity index (χ0n) is 9.88. The van der Waals surface area contributed by atoms with Crippen LogP contribution in [-0.2, 0) is 9.59 Å². The third-order valence-electron chi connectivity index (χ3n) is 2.18. The molecule has 0 spiro atoms. The molecule has 1 amide bonds. The molecule has 0 aliphatic rings. The van der Waals surface area contributed by atoms with Crippen LogP contribution in [0.1, 0.15) is 13.3 Å². The monoisotopic (exact) mass is 213 g/mol. The van der Waals surface area contributed by atoms with Gasteiger partial charge in [0, 0.05) is 18.5 Å². The molecule has 0 aliphatic heterocycles. The largest absolute Gasteiger partial charge is 0.352 e. The van der Waals surface area contributed by atoms with E-state index in [1.54, 1.807) is 6.92 Å². The first-order chi connectivity index (χ1) is 6.89. The Morgan fingerprint density at radius 1 is 1.47 bits per heavy atom. The van der Waals surface area contributed by atoms with Gasteiger partial charge < -0.3 is 9.80 Å². The summed E-state index contributed by atoms with van der Waals surface area (Å²) in [6.45, 7) is 7.24. The first-order valence-electron chi connectivity index (χ1n) is 5.08. The summed E-state index contributed by atoms with van der Waals surface area (Å²) >= 11 is 0. The summed E-state index contributed by atoms with van der Waals surface area (Å²) in [5.41, 5.74) is 0.525. The first kappa shape index (κ1) is 13.8. The minimum absolute atomic E-state index is 0.101. The van der Waals surface area contributed by atoms with Crippen LogP contribution in [-0.4, -0.2) is 50.4 Å². The van der Waals surface area contributed by atoms with Crippen LogP contribution in [0.2, 0.25) is 0 Å². The van der Waals surface area contributed by atoms with Crippen molar-refractivity contribution in [2.24, 2.45) is 0 Å². The molecule has 0 atom stereocenters. The van der Waals surface area contributed by atoms with E-state index < -0.39 is 0 Å². The zero-order chi connectivity index (χ0) is 11.9.